The van der Waals surface area contributed by atoms with Crippen molar-refractivity contribution in [2.45, 2.75) is 57.6 Å². The minimum absolute atomic E-state index is 0.00401. The van der Waals surface area contributed by atoms with Gasteiger partial charge in [0.15, 0.2) is 0 Å². The van der Waals surface area contributed by atoms with Crippen molar-refractivity contribution in [2.75, 3.05) is 13.6 Å². The predicted molar refractivity (Wildman–Crippen MR) is 148 cm³/mol. The maximum Gasteiger partial charge on any atom is 0.407 e. The van der Waals surface area contributed by atoms with E-state index in [1.54, 1.807) is 12.1 Å². The summed E-state index contributed by atoms with van der Waals surface area (Å²) in [6.45, 7) is 3.71. The lowest BCUT2D eigenvalue weighted by atomic mass is 10.0. The fraction of sp³-hybridized carbons (Fsp3) is 0.444. The average molecular weight is 563 g/mol. The maximum absolute atomic E-state index is 13.3. The van der Waals surface area contributed by atoms with Crippen LogP contribution in [0.2, 0.25) is 0 Å². The van der Waals surface area contributed by atoms with Gasteiger partial charge in [0.25, 0.3) is 0 Å². The Balaban J connectivity index is 2.03. The topological polar surface area (TPSA) is 166 Å². The van der Waals surface area contributed by atoms with Crippen molar-refractivity contribution in [2.24, 2.45) is 5.92 Å². The predicted octanol–water partition coefficient (Wildman–Crippen LogP) is 2.28. The largest absolute Gasteiger partial charge is 0.445 e. The molecule has 39 heavy (non-hydrogen) atoms. The van der Waals surface area contributed by atoms with Gasteiger partial charge in [0.05, 0.1) is 6.04 Å². The molecular formula is C27H39N4O7P. The van der Waals surface area contributed by atoms with Crippen LogP contribution in [0.1, 0.15) is 37.8 Å². The van der Waals surface area contributed by atoms with Crippen molar-refractivity contribution in [3.8, 4) is 0 Å². The Labute approximate surface area is 229 Å². The van der Waals surface area contributed by atoms with Crippen LogP contribution >= 0.6 is 7.60 Å². The van der Waals surface area contributed by atoms with Crippen LogP contribution in [-0.2, 0) is 31.9 Å². The van der Waals surface area contributed by atoms with Crippen molar-refractivity contribution in [3.05, 3.63) is 71.8 Å². The Hall–Kier alpha value is -3.24. The van der Waals surface area contributed by atoms with E-state index in [1.165, 1.54) is 7.05 Å². The molecule has 214 valence electrons. The molecule has 3 atom stereocenters. The molecule has 0 saturated carbocycles. The summed E-state index contributed by atoms with van der Waals surface area (Å²) in [4.78, 5) is 57.8. The van der Waals surface area contributed by atoms with Crippen LogP contribution in [0.15, 0.2) is 60.7 Å². The van der Waals surface area contributed by atoms with Crippen LogP contribution in [-0.4, -0.2) is 59.2 Å². The fourth-order valence-electron chi connectivity index (χ4n) is 3.89. The van der Waals surface area contributed by atoms with Gasteiger partial charge in [0, 0.05) is 20.0 Å². The summed E-state index contributed by atoms with van der Waals surface area (Å²) in [5.74, 6) is -2.35. The summed E-state index contributed by atoms with van der Waals surface area (Å²) >= 11 is 0. The molecule has 2 aromatic carbocycles. The number of hydrogen-bond donors (Lipinski definition) is 6. The van der Waals surface area contributed by atoms with E-state index in [0.717, 1.165) is 11.1 Å². The first-order valence-electron chi connectivity index (χ1n) is 12.8. The fourth-order valence-corrected chi connectivity index (χ4v) is 4.73. The van der Waals surface area contributed by atoms with Crippen LogP contribution in [0.3, 0.4) is 0 Å². The number of nitrogens with one attached hydrogen (secondary N) is 4. The van der Waals surface area contributed by atoms with Crippen LogP contribution in [0.5, 0.6) is 0 Å². The lowest BCUT2D eigenvalue weighted by molar-refractivity contribution is -0.130. The molecular weight excluding hydrogens is 523 g/mol. The zero-order chi connectivity index (χ0) is 28.8. The monoisotopic (exact) mass is 562 g/mol. The van der Waals surface area contributed by atoms with E-state index in [2.05, 4.69) is 21.3 Å². The molecule has 11 nitrogen and oxygen atoms in total. The van der Waals surface area contributed by atoms with Gasteiger partial charge in [-0.1, -0.05) is 74.5 Å². The lowest BCUT2D eigenvalue weighted by Crippen LogP contribution is -2.55. The van der Waals surface area contributed by atoms with Crippen molar-refractivity contribution in [3.63, 3.8) is 0 Å². The molecule has 0 aliphatic rings. The number of alkyl carbamates (subject to hydrolysis) is 1. The molecule has 0 aliphatic carbocycles. The molecule has 12 heteroatoms. The van der Waals surface area contributed by atoms with Gasteiger partial charge < -0.3 is 30.5 Å². The van der Waals surface area contributed by atoms with Crippen LogP contribution < -0.4 is 21.3 Å². The molecule has 0 bridgehead atoms. The van der Waals surface area contributed by atoms with Crippen LogP contribution in [0.4, 0.5) is 4.79 Å². The maximum atomic E-state index is 13.3. The van der Waals surface area contributed by atoms with Crippen molar-refractivity contribution in [1.29, 1.82) is 0 Å². The summed E-state index contributed by atoms with van der Waals surface area (Å²) in [7, 11) is -3.24. The minimum atomic E-state index is -4.71. The highest BCUT2D eigenvalue weighted by Crippen LogP contribution is 2.41. The van der Waals surface area contributed by atoms with Crippen molar-refractivity contribution >= 4 is 25.5 Å². The molecule has 0 heterocycles. The Morgan fingerprint density at radius 1 is 0.897 bits per heavy atom. The summed E-state index contributed by atoms with van der Waals surface area (Å²) in [5.41, 5.74) is 1.64. The number of benzene rings is 2. The molecule has 0 radical (unpaired) electrons. The van der Waals surface area contributed by atoms with E-state index in [9.17, 15) is 28.7 Å². The van der Waals surface area contributed by atoms with Gasteiger partial charge in [-0.2, -0.15) is 0 Å². The highest BCUT2D eigenvalue weighted by molar-refractivity contribution is 7.52. The molecule has 2 rings (SSSR count). The quantitative estimate of drug-likeness (QED) is 0.180. The van der Waals surface area contributed by atoms with Gasteiger partial charge in [-0.05, 0) is 29.9 Å². The van der Waals surface area contributed by atoms with Gasteiger partial charge in [-0.25, -0.2) is 4.79 Å². The second-order valence-electron chi connectivity index (χ2n) is 9.60. The van der Waals surface area contributed by atoms with Crippen molar-refractivity contribution < 1.29 is 33.5 Å². The molecule has 1 unspecified atom stereocenters. The average Bonchev–Trinajstić information content (AvgIpc) is 2.90. The summed E-state index contributed by atoms with van der Waals surface area (Å²) in [5, 5.41) is 10.5. The second-order valence-corrected chi connectivity index (χ2v) is 11.4. The molecule has 2 aromatic rings. The molecule has 0 saturated heterocycles. The zero-order valence-corrected chi connectivity index (χ0v) is 23.4. The number of likely N-dealkylation sites (N-methyl/N-ethyl adjacent to an activating group) is 1. The lowest BCUT2D eigenvalue weighted by Gasteiger charge is -2.28. The minimum Gasteiger partial charge on any atom is -0.445 e. The molecule has 0 spiro atoms. The molecule has 0 fully saturated rings. The van der Waals surface area contributed by atoms with Gasteiger partial charge in [0.1, 0.15) is 18.4 Å². The Kier molecular flexibility index (Phi) is 13.1. The summed E-state index contributed by atoms with van der Waals surface area (Å²) < 4.78 is 17.4. The van der Waals surface area contributed by atoms with Gasteiger partial charge in [-0.3, -0.25) is 19.5 Å². The van der Waals surface area contributed by atoms with E-state index in [4.69, 9.17) is 4.74 Å². The second kappa shape index (κ2) is 16.0. The first-order valence-corrected chi connectivity index (χ1v) is 14.5. The SMILES string of the molecule is CNC(=O)C(Cc1ccccc1)NC(=O)[C@H](CC(C)C)N[C@H](CCNC(=O)OCc1ccccc1)P(=O)(O)O. The normalized spacial score (nSPS) is 13.7. The molecule has 0 aromatic heterocycles. The van der Waals surface area contributed by atoms with Gasteiger partial charge in [-0.15, -0.1) is 0 Å². The summed E-state index contributed by atoms with van der Waals surface area (Å²) in [6, 6.07) is 16.4. The smallest absolute Gasteiger partial charge is 0.407 e. The standard InChI is InChI=1S/C27H39N4O7P/c1-19(2)16-22(26(33)31-23(25(32)28-3)17-20-10-6-4-7-11-20)30-24(39(35,36)37)14-15-29-27(34)38-18-21-12-8-5-9-13-21/h4-13,19,22-24,30H,14-18H2,1-3H3,(H,28,32)(H,29,34)(H,31,33)(H2,35,36,37)/t22-,23?,24-/m0/s1. The van der Waals surface area contributed by atoms with E-state index in [1.807, 2.05) is 62.4 Å². The first kappa shape index (κ1) is 32.0. The third kappa shape index (κ3) is 12.0. The third-order valence-electron chi connectivity index (χ3n) is 5.89. The first-order chi connectivity index (χ1) is 18.5. The Morgan fingerprint density at radius 2 is 1.49 bits per heavy atom. The number of rotatable bonds is 15. The van der Waals surface area contributed by atoms with Gasteiger partial charge >= 0.3 is 13.7 Å². The Morgan fingerprint density at radius 3 is 2.03 bits per heavy atom. The zero-order valence-electron chi connectivity index (χ0n) is 22.5. The van der Waals surface area contributed by atoms with E-state index in [-0.39, 0.29) is 44.2 Å². The van der Waals surface area contributed by atoms with E-state index >= 15 is 0 Å². The van der Waals surface area contributed by atoms with Crippen molar-refractivity contribution in [1.82, 2.24) is 21.3 Å². The number of ether oxygens (including phenoxy) is 1. The molecule has 6 N–H and O–H groups in total. The van der Waals surface area contributed by atoms with Gasteiger partial charge in [0.2, 0.25) is 11.8 Å². The summed E-state index contributed by atoms with van der Waals surface area (Å²) in [6.07, 6.45) is -0.373. The van der Waals surface area contributed by atoms with E-state index in [0.29, 0.717) is 0 Å². The number of amides is 3. The van der Waals surface area contributed by atoms with Crippen LogP contribution in [0, 0.1) is 5.92 Å². The number of carbonyl (C=O) groups is 3. The third-order valence-corrected chi connectivity index (χ3v) is 7.10. The van der Waals surface area contributed by atoms with Crippen LogP contribution in [0.25, 0.3) is 0 Å². The highest BCUT2D eigenvalue weighted by Gasteiger charge is 2.34. The highest BCUT2D eigenvalue weighted by atomic mass is 31.2. The Bertz CT molecular complexity index is 1100. The van der Waals surface area contributed by atoms with E-state index < -0.39 is 37.5 Å². The number of hydrogen-bond acceptors (Lipinski definition) is 6. The molecule has 0 aliphatic heterocycles. The number of carbonyl (C=O) groups excluding carboxylic acids is 3. The molecule has 3 amide bonds.